The second kappa shape index (κ2) is 10.6. The number of ether oxygens (including phenoxy) is 1. The van der Waals surface area contributed by atoms with Gasteiger partial charge in [0.1, 0.15) is 5.75 Å². The molecule has 0 aliphatic carbocycles. The first kappa shape index (κ1) is 25.0. The van der Waals surface area contributed by atoms with Gasteiger partial charge in [0.15, 0.2) is 11.7 Å². The van der Waals surface area contributed by atoms with Crippen LogP contribution in [0.3, 0.4) is 0 Å². The lowest BCUT2D eigenvalue weighted by Crippen LogP contribution is -2.37. The van der Waals surface area contributed by atoms with E-state index in [-0.39, 0.29) is 21.8 Å². The Balaban J connectivity index is 1.59. The number of halogens is 2. The molecule has 0 unspecified atom stereocenters. The first-order chi connectivity index (χ1) is 15.5. The number of anilines is 1. The second-order valence-corrected chi connectivity index (χ2v) is 10.4. The summed E-state index contributed by atoms with van der Waals surface area (Å²) in [7, 11) is -3.87. The number of carbonyl (C=O) groups excluding carboxylic acids is 1. The van der Waals surface area contributed by atoms with Crippen LogP contribution in [0.15, 0.2) is 63.1 Å². The Morgan fingerprint density at radius 1 is 1.09 bits per heavy atom. The average Bonchev–Trinajstić information content (AvgIpc) is 2.72. The molecule has 3 rings (SSSR count). The molecule has 33 heavy (non-hydrogen) atoms. The summed E-state index contributed by atoms with van der Waals surface area (Å²) in [6.07, 6.45) is 0. The van der Waals surface area contributed by atoms with E-state index in [0.29, 0.717) is 27.8 Å². The fraction of sp³-hybridized carbons (Fsp3) is 0.143. The summed E-state index contributed by atoms with van der Waals surface area (Å²) in [6, 6.07) is 12.6. The molecule has 0 radical (unpaired) electrons. The molecular formula is C21H18BrClN4O4S2. The predicted octanol–water partition coefficient (Wildman–Crippen LogP) is 4.23. The van der Waals surface area contributed by atoms with Gasteiger partial charge in [-0.15, -0.1) is 0 Å². The Bertz CT molecular complexity index is 1300. The minimum absolute atomic E-state index is 0.0266. The molecule has 12 heteroatoms. The van der Waals surface area contributed by atoms with E-state index in [2.05, 4.69) is 36.5 Å². The molecule has 1 aromatic heterocycles. The van der Waals surface area contributed by atoms with Gasteiger partial charge in [-0.3, -0.25) is 10.1 Å². The van der Waals surface area contributed by atoms with Crippen molar-refractivity contribution in [2.75, 3.05) is 11.9 Å². The highest BCUT2D eigenvalue weighted by Crippen LogP contribution is 2.27. The molecule has 0 aliphatic rings. The number of nitrogens with one attached hydrogen (secondary N) is 2. The fourth-order valence-electron chi connectivity index (χ4n) is 2.70. The molecule has 1 heterocycles. The maximum atomic E-state index is 12.8. The molecule has 0 fully saturated rings. The van der Waals surface area contributed by atoms with Gasteiger partial charge in [-0.05, 0) is 74.6 Å². The van der Waals surface area contributed by atoms with Crippen molar-refractivity contribution >= 4 is 66.3 Å². The second-order valence-electron chi connectivity index (χ2n) is 6.83. The topological polar surface area (TPSA) is 110 Å². The van der Waals surface area contributed by atoms with Gasteiger partial charge in [0.05, 0.1) is 9.92 Å². The summed E-state index contributed by atoms with van der Waals surface area (Å²) in [5.74, 6) is -0.129. The van der Waals surface area contributed by atoms with E-state index in [1.54, 1.807) is 38.1 Å². The molecule has 0 atom stereocenters. The third-order valence-corrected chi connectivity index (χ3v) is 6.68. The fourth-order valence-corrected chi connectivity index (χ4v) is 4.89. The molecule has 0 saturated carbocycles. The van der Waals surface area contributed by atoms with Crippen LogP contribution in [0.5, 0.6) is 5.75 Å². The van der Waals surface area contributed by atoms with E-state index >= 15 is 0 Å². The lowest BCUT2D eigenvalue weighted by molar-refractivity contribution is -0.121. The van der Waals surface area contributed by atoms with Gasteiger partial charge < -0.3 is 10.1 Å². The van der Waals surface area contributed by atoms with Crippen LogP contribution in [0.2, 0.25) is 5.02 Å². The standard InChI is InChI=1S/C21H18BrClN4O4S2/c1-12-9-13(2)25-21(24-12)33(29,30)16-6-4-15(5-7-16)26-20(32)27-19(28)11-31-18-8-3-14(22)10-17(18)23/h3-10H,11H2,1-2H3,(H2,26,27,28,32). The number of amides is 1. The molecule has 0 aliphatic heterocycles. The summed E-state index contributed by atoms with van der Waals surface area (Å²) in [4.78, 5) is 20.2. The highest BCUT2D eigenvalue weighted by molar-refractivity contribution is 9.10. The number of hydrogen-bond acceptors (Lipinski definition) is 7. The van der Waals surface area contributed by atoms with Crippen molar-refractivity contribution in [3.8, 4) is 5.75 Å². The number of aromatic nitrogens is 2. The van der Waals surface area contributed by atoms with E-state index in [0.717, 1.165) is 4.47 Å². The molecule has 2 aromatic carbocycles. The van der Waals surface area contributed by atoms with Crippen LogP contribution in [0.25, 0.3) is 0 Å². The first-order valence-electron chi connectivity index (χ1n) is 9.41. The summed E-state index contributed by atoms with van der Waals surface area (Å²) >= 11 is 14.5. The SMILES string of the molecule is Cc1cc(C)nc(S(=O)(=O)c2ccc(NC(=S)NC(=O)COc3ccc(Br)cc3Cl)cc2)n1. The normalized spacial score (nSPS) is 11.0. The van der Waals surface area contributed by atoms with Crippen molar-refractivity contribution in [1.82, 2.24) is 15.3 Å². The van der Waals surface area contributed by atoms with Gasteiger partial charge in [-0.2, -0.15) is 0 Å². The summed E-state index contributed by atoms with van der Waals surface area (Å²) < 4.78 is 31.8. The van der Waals surface area contributed by atoms with E-state index in [1.807, 2.05) is 0 Å². The van der Waals surface area contributed by atoms with Crippen molar-refractivity contribution in [2.24, 2.45) is 0 Å². The van der Waals surface area contributed by atoms with Crippen LogP contribution >= 0.6 is 39.7 Å². The van der Waals surface area contributed by atoms with Gasteiger partial charge >= 0.3 is 0 Å². The zero-order valence-corrected chi connectivity index (χ0v) is 21.4. The number of hydrogen-bond donors (Lipinski definition) is 2. The molecule has 0 saturated heterocycles. The lowest BCUT2D eigenvalue weighted by atomic mass is 10.3. The number of benzene rings is 2. The number of nitrogens with zero attached hydrogens (tertiary/aromatic N) is 2. The zero-order chi connectivity index (χ0) is 24.2. The molecule has 8 nitrogen and oxygen atoms in total. The van der Waals surface area contributed by atoms with E-state index < -0.39 is 15.7 Å². The van der Waals surface area contributed by atoms with E-state index in [1.165, 1.54) is 24.3 Å². The minimum Gasteiger partial charge on any atom is -0.482 e. The Labute approximate surface area is 209 Å². The van der Waals surface area contributed by atoms with Crippen molar-refractivity contribution in [1.29, 1.82) is 0 Å². The largest absolute Gasteiger partial charge is 0.482 e. The first-order valence-corrected chi connectivity index (χ1v) is 12.5. The molecule has 2 N–H and O–H groups in total. The lowest BCUT2D eigenvalue weighted by Gasteiger charge is -2.12. The van der Waals surface area contributed by atoms with E-state index in [9.17, 15) is 13.2 Å². The predicted molar refractivity (Wildman–Crippen MR) is 132 cm³/mol. The van der Waals surface area contributed by atoms with Crippen molar-refractivity contribution in [2.45, 2.75) is 23.9 Å². The number of sulfone groups is 1. The monoisotopic (exact) mass is 568 g/mol. The quantitative estimate of drug-likeness (QED) is 0.335. The third-order valence-electron chi connectivity index (χ3n) is 4.13. The summed E-state index contributed by atoms with van der Waals surface area (Å²) in [5.41, 5.74) is 1.61. The molecule has 3 aromatic rings. The van der Waals surface area contributed by atoms with Gasteiger partial charge in [0, 0.05) is 21.5 Å². The van der Waals surface area contributed by atoms with Crippen LogP contribution in [0.4, 0.5) is 5.69 Å². The van der Waals surface area contributed by atoms with Crippen LogP contribution < -0.4 is 15.4 Å². The van der Waals surface area contributed by atoms with Gasteiger partial charge in [0.2, 0.25) is 9.84 Å². The van der Waals surface area contributed by atoms with Crippen molar-refractivity contribution in [3.63, 3.8) is 0 Å². The third kappa shape index (κ3) is 6.70. The Morgan fingerprint density at radius 3 is 2.33 bits per heavy atom. The van der Waals surface area contributed by atoms with Gasteiger partial charge in [0.25, 0.3) is 11.1 Å². The number of carbonyl (C=O) groups is 1. The molecular weight excluding hydrogens is 552 g/mol. The van der Waals surface area contributed by atoms with Gasteiger partial charge in [-0.1, -0.05) is 27.5 Å². The van der Waals surface area contributed by atoms with Crippen LogP contribution in [0.1, 0.15) is 11.4 Å². The van der Waals surface area contributed by atoms with Crippen LogP contribution in [-0.2, 0) is 14.6 Å². The Kier molecular flexibility index (Phi) is 8.01. The number of thiocarbonyl (C=S) groups is 1. The van der Waals surface area contributed by atoms with Crippen LogP contribution in [0, 0.1) is 13.8 Å². The highest BCUT2D eigenvalue weighted by Gasteiger charge is 2.21. The Morgan fingerprint density at radius 2 is 1.73 bits per heavy atom. The smallest absolute Gasteiger partial charge is 0.264 e. The summed E-state index contributed by atoms with van der Waals surface area (Å²) in [6.45, 7) is 3.11. The zero-order valence-electron chi connectivity index (χ0n) is 17.4. The minimum atomic E-state index is -3.87. The molecule has 0 bridgehead atoms. The maximum absolute atomic E-state index is 12.8. The Hall–Kier alpha value is -2.60. The van der Waals surface area contributed by atoms with Gasteiger partial charge in [-0.25, -0.2) is 18.4 Å². The molecule has 0 spiro atoms. The van der Waals surface area contributed by atoms with Crippen molar-refractivity contribution in [3.05, 3.63) is 69.4 Å². The van der Waals surface area contributed by atoms with E-state index in [4.69, 9.17) is 28.6 Å². The molecule has 1 amide bonds. The average molecular weight is 570 g/mol. The highest BCUT2D eigenvalue weighted by atomic mass is 79.9. The van der Waals surface area contributed by atoms with Crippen molar-refractivity contribution < 1.29 is 17.9 Å². The molecule has 172 valence electrons. The number of rotatable bonds is 6. The summed E-state index contributed by atoms with van der Waals surface area (Å²) in [5, 5.41) is 5.42. The maximum Gasteiger partial charge on any atom is 0.264 e. The van der Waals surface area contributed by atoms with Crippen LogP contribution in [-0.4, -0.2) is 36.0 Å². The number of aryl methyl sites for hydroxylation is 2.